The fourth-order valence-electron chi connectivity index (χ4n) is 20.7. The van der Waals surface area contributed by atoms with Crippen molar-refractivity contribution in [1.29, 1.82) is 0 Å². The number of imidazole rings is 4. The van der Waals surface area contributed by atoms with Crippen LogP contribution in [-0.4, -0.2) is 197 Å². The van der Waals surface area contributed by atoms with E-state index in [4.69, 9.17) is 19.9 Å². The third-order valence-electron chi connectivity index (χ3n) is 29.0. The van der Waals surface area contributed by atoms with Crippen LogP contribution in [0.15, 0.2) is 207 Å². The molecule has 0 radical (unpaired) electrons. The Kier molecular flexibility index (Phi) is 24.5. The Morgan fingerprint density at radius 3 is 1.38 bits per heavy atom. The third kappa shape index (κ3) is 19.0. The molecule has 690 valence electrons. The van der Waals surface area contributed by atoms with Gasteiger partial charge in [-0.3, -0.25) is 28.8 Å². The van der Waals surface area contributed by atoms with Crippen molar-refractivity contribution in [3.05, 3.63) is 275 Å². The van der Waals surface area contributed by atoms with Gasteiger partial charge in [-0.25, -0.2) is 29.5 Å². The molecule has 3 aliphatic carbocycles. The van der Waals surface area contributed by atoms with Crippen LogP contribution < -0.4 is 21.3 Å². The van der Waals surface area contributed by atoms with Crippen molar-refractivity contribution in [2.45, 2.75) is 189 Å². The topological polar surface area (TPSA) is 359 Å². The number of likely N-dealkylation sites (tertiary alicyclic amines) is 6. The minimum atomic E-state index is -1.06. The molecule has 20 rings (SSSR count). The fourth-order valence-corrected chi connectivity index (χ4v) is 20.7. The molecule has 11 unspecified atom stereocenters. The number of hydrogen-bond donors (Lipinski definition) is 10. The molecule has 11 aromatic rings. The number of H-pyrrole nitrogens is 4. The number of nitrogens with zero attached hydrogens (tertiary/aromatic N) is 10. The number of rotatable bonds is 21. The highest BCUT2D eigenvalue weighted by molar-refractivity contribution is 5.95. The van der Waals surface area contributed by atoms with E-state index in [2.05, 4.69) is 83.1 Å². The molecular formula is C107H112N18O10. The van der Waals surface area contributed by atoms with Gasteiger partial charge in [0.05, 0.1) is 58.6 Å². The summed E-state index contributed by atoms with van der Waals surface area (Å²) >= 11 is 0. The number of aromatic nitrogens is 8. The number of urea groups is 2. The Balaban J connectivity index is 0.529. The van der Waals surface area contributed by atoms with Crippen LogP contribution in [0.2, 0.25) is 0 Å². The summed E-state index contributed by atoms with van der Waals surface area (Å²) in [7, 11) is 0. The summed E-state index contributed by atoms with van der Waals surface area (Å²) in [6.07, 6.45) is 23.1. The molecule has 4 aromatic heterocycles. The zero-order valence-electron chi connectivity index (χ0n) is 76.1. The molecule has 7 aromatic carbocycles. The summed E-state index contributed by atoms with van der Waals surface area (Å²) in [5.41, 5.74) is 5.90. The monoisotopic (exact) mass is 1810 g/mol. The van der Waals surface area contributed by atoms with E-state index < -0.39 is 64.7 Å². The first kappa shape index (κ1) is 88.7. The van der Waals surface area contributed by atoms with Crippen LogP contribution in [0.3, 0.4) is 0 Å². The van der Waals surface area contributed by atoms with E-state index in [1.54, 1.807) is 34.7 Å². The molecule has 9 aliphatic rings. The molecule has 135 heavy (non-hydrogen) atoms. The molecule has 10 heterocycles. The van der Waals surface area contributed by atoms with Crippen molar-refractivity contribution >= 4 is 69.1 Å². The van der Waals surface area contributed by atoms with Crippen molar-refractivity contribution in [3.8, 4) is 46.2 Å². The maximum Gasteiger partial charge on any atom is 0.318 e. The summed E-state index contributed by atoms with van der Waals surface area (Å²) in [5.74, 6) is 13.6. The Morgan fingerprint density at radius 2 is 0.889 bits per heavy atom. The lowest BCUT2D eigenvalue weighted by Gasteiger charge is -2.41. The molecule has 10 amide bonds. The standard InChI is InChI=1S/C107H112N18O10/c1-105(44-14-7-15-45-105)92(119-104(133)121-56-48-107(3,135)49-57-121)102(131)125-53-19-29-87(125)96-112-81(43-33-67-31-35-75-61-77(41-39-73(75)59-67)83-65-110-95(114-83)86-28-18-52-124(86)101(130)90(70-24-12-6-13-25-70)118-103(132)120-54-46-106(2,134)47-55-120)91(115-96)79-62-80(79)98(127)117-89(69-22-10-5-11-23-69)100(129)122-50-16-26-84(122)93-108-63-78(111-93)42-32-66-30-34-74-60-76(40-38-72(74)58-66)82-64-109-94(113-82)85-27-17-51-123(85)99(128)88(68-20-8-4-9-21-68)116-97(126)71-36-37-71/h4-15,20-25,30-31,34-35,38-41,44,58-61,63-65,71,79-80,84-90,92,134-135H,16-19,26-29,36-37,45-57,62H2,1-3H3,(H,108,111)(H,109,113)(H,110,114)(H,112,115)(H,116,126)(H,117,127)(H,118,132)(H,119,133). The Labute approximate surface area is 783 Å². The molecule has 6 saturated heterocycles. The number of allylic oxidation sites excluding steroid dienone is 3. The normalized spacial score (nSPS) is 22.6. The number of carbonyl (C=O) groups is 8. The van der Waals surface area contributed by atoms with E-state index in [1.807, 2.05) is 204 Å². The maximum atomic E-state index is 15.6. The lowest BCUT2D eigenvalue weighted by Crippen LogP contribution is -2.59. The summed E-state index contributed by atoms with van der Waals surface area (Å²) in [5, 5.41) is 37.8. The molecule has 11 atom stereocenters. The van der Waals surface area contributed by atoms with Crippen LogP contribution in [-0.2, 0) is 28.8 Å². The van der Waals surface area contributed by atoms with Crippen molar-refractivity contribution in [2.75, 3.05) is 52.4 Å². The SMILES string of the molecule is CC1(O)CCN(C(=O)NC(C(=O)N2CCCC2c2nc(-c3ccc4cc(C#Cc5[nH]c(C6CCCN6C(=O)C(NC(=O)N6CCC(C)(O)CC6)C6(C)C=CC=CC6)nc5C5CC5C(=O)NC(C(=O)N5CCCC5c5ncc(C#Cc6ccc7cc(-c8c[nH]c(C9CCCN9C(=O)C(NC(=O)C9CC9)c9ccccc9)n8)ccc7c6)[nH]5)c5ccccc5)ccc4c3)c[nH]2)c2ccccc2)CC1. The van der Waals surface area contributed by atoms with Crippen LogP contribution in [0.5, 0.6) is 0 Å². The third-order valence-corrected chi connectivity index (χ3v) is 29.0. The average Bonchev–Trinajstić information content (AvgIpc) is 1.59. The molecule has 2 saturated carbocycles. The van der Waals surface area contributed by atoms with E-state index in [-0.39, 0.29) is 65.5 Å². The highest BCUT2D eigenvalue weighted by atomic mass is 16.3. The van der Waals surface area contributed by atoms with Gasteiger partial charge in [0.2, 0.25) is 35.4 Å². The minimum absolute atomic E-state index is 0.0422. The number of aliphatic hydroxyl groups is 2. The molecule has 0 spiro atoms. The van der Waals surface area contributed by atoms with Gasteiger partial charge in [0, 0.05) is 110 Å². The Hall–Kier alpha value is -14.2. The zero-order chi connectivity index (χ0) is 92.8. The first-order valence-corrected chi connectivity index (χ1v) is 47.7. The average molecular weight is 1810 g/mol. The molecule has 10 N–H and O–H groups in total. The quantitative estimate of drug-likeness (QED) is 0.0299. The van der Waals surface area contributed by atoms with Crippen molar-refractivity contribution in [3.63, 3.8) is 0 Å². The molecule has 28 heteroatoms. The molecule has 0 bridgehead atoms. The van der Waals surface area contributed by atoms with Gasteiger partial charge >= 0.3 is 12.1 Å². The summed E-state index contributed by atoms with van der Waals surface area (Å²) < 4.78 is 0. The van der Waals surface area contributed by atoms with E-state index in [0.717, 1.165) is 81.6 Å². The van der Waals surface area contributed by atoms with E-state index in [9.17, 15) is 34.2 Å². The second-order valence-electron chi connectivity index (χ2n) is 38.8. The van der Waals surface area contributed by atoms with Crippen molar-refractivity contribution in [1.82, 2.24) is 90.5 Å². The lowest BCUT2D eigenvalue weighted by molar-refractivity contribution is -0.138. The number of carbonyl (C=O) groups excluding carboxylic acids is 8. The van der Waals surface area contributed by atoms with Gasteiger partial charge in [-0.15, -0.1) is 0 Å². The second kappa shape index (κ2) is 37.3. The van der Waals surface area contributed by atoms with Crippen molar-refractivity contribution < 1.29 is 48.6 Å². The van der Waals surface area contributed by atoms with Crippen LogP contribution in [0.1, 0.15) is 240 Å². The predicted octanol–water partition coefficient (Wildman–Crippen LogP) is 14.3. The minimum Gasteiger partial charge on any atom is -0.390 e. The molecule has 28 nitrogen and oxygen atoms in total. The Bertz CT molecular complexity index is 6570. The van der Waals surface area contributed by atoms with Crippen LogP contribution in [0.4, 0.5) is 9.59 Å². The molecular weight excluding hydrogens is 1700 g/mol. The predicted molar refractivity (Wildman–Crippen MR) is 509 cm³/mol. The maximum absolute atomic E-state index is 15.6. The number of benzene rings is 7. The highest BCUT2D eigenvalue weighted by Gasteiger charge is 2.51. The number of amides is 10. The van der Waals surface area contributed by atoms with Gasteiger partial charge in [0.15, 0.2) is 0 Å². The number of nitrogens with one attached hydrogen (secondary N) is 8. The van der Waals surface area contributed by atoms with Gasteiger partial charge in [0.25, 0.3) is 0 Å². The van der Waals surface area contributed by atoms with Crippen LogP contribution >= 0.6 is 0 Å². The van der Waals surface area contributed by atoms with Gasteiger partial charge in [0.1, 0.15) is 58.9 Å². The second-order valence-corrected chi connectivity index (χ2v) is 38.8. The number of hydrogen-bond acceptors (Lipinski definition) is 14. The van der Waals surface area contributed by atoms with Crippen molar-refractivity contribution in [2.24, 2.45) is 17.3 Å². The number of piperidine rings is 2. The smallest absolute Gasteiger partial charge is 0.318 e. The Morgan fingerprint density at radius 1 is 0.444 bits per heavy atom. The van der Waals surface area contributed by atoms with E-state index in [1.165, 1.54) is 0 Å². The highest BCUT2D eigenvalue weighted by Crippen LogP contribution is 2.50. The number of aromatic amines is 4. The fraction of sp³-hybridized carbons (Fsp3) is 0.383. The van der Waals surface area contributed by atoms with E-state index in [0.29, 0.717) is 186 Å². The summed E-state index contributed by atoms with van der Waals surface area (Å²) in [6.45, 7) is 8.87. The summed E-state index contributed by atoms with van der Waals surface area (Å²) in [6, 6.07) is 46.3. The lowest BCUT2D eigenvalue weighted by atomic mass is 9.76. The molecule has 6 aliphatic heterocycles. The number of fused-ring (bicyclic) bond motifs is 2. The molecule has 8 fully saturated rings. The largest absolute Gasteiger partial charge is 0.390 e. The van der Waals surface area contributed by atoms with E-state index >= 15 is 14.4 Å². The van der Waals surface area contributed by atoms with Crippen LogP contribution in [0.25, 0.3) is 44.1 Å². The summed E-state index contributed by atoms with van der Waals surface area (Å²) in [4.78, 5) is 161. The van der Waals surface area contributed by atoms with Gasteiger partial charge in [-0.1, -0.05) is 170 Å². The van der Waals surface area contributed by atoms with Crippen LogP contribution in [0, 0.1) is 40.9 Å². The zero-order valence-corrected chi connectivity index (χ0v) is 76.1. The first-order chi connectivity index (χ1) is 65.5. The van der Waals surface area contributed by atoms with Gasteiger partial charge < -0.3 is 80.8 Å². The van der Waals surface area contributed by atoms with Gasteiger partial charge in [-0.2, -0.15) is 0 Å². The first-order valence-electron chi connectivity index (χ1n) is 47.7. The van der Waals surface area contributed by atoms with Gasteiger partial charge in [-0.05, 0) is 203 Å².